The van der Waals surface area contributed by atoms with E-state index < -0.39 is 11.6 Å². The zero-order valence-electron chi connectivity index (χ0n) is 23.9. The molecule has 0 spiro atoms. The van der Waals surface area contributed by atoms with E-state index in [1.54, 1.807) is 38.8 Å². The third kappa shape index (κ3) is 7.39. The maximum atomic E-state index is 14.0. The van der Waals surface area contributed by atoms with E-state index in [-0.39, 0.29) is 17.7 Å². The summed E-state index contributed by atoms with van der Waals surface area (Å²) < 4.78 is 16.1. The Bertz CT molecular complexity index is 1240. The second-order valence-corrected chi connectivity index (χ2v) is 12.4. The van der Waals surface area contributed by atoms with Crippen molar-refractivity contribution in [3.05, 3.63) is 52.0 Å². The molecular weight excluding hydrogens is 499 g/mol. The Hall–Kier alpha value is -2.82. The molecule has 0 saturated heterocycles. The standard InChI is InChI=1S/C25H29FN2O2S.C4H10O.C2H2/c1-14-19(11-20(29)30)21(16-6-8-25(3,4)9-7-16)15(2)22-23-17(10-18(26)12-27-23)13-28(31-5)24(14)22;1-4(2,3)5;1-2/h6,10,12H,7-9,11,13H2,1-5H3,(H,29,30);5H,1-3H3;1-2H. The van der Waals surface area contributed by atoms with Gasteiger partial charge in [-0.2, -0.15) is 0 Å². The Morgan fingerprint density at radius 3 is 2.32 bits per heavy atom. The maximum absolute atomic E-state index is 14.0. The Balaban J connectivity index is 0.000000651. The first kappa shape index (κ1) is 31.4. The first-order valence-corrected chi connectivity index (χ1v) is 13.9. The van der Waals surface area contributed by atoms with Gasteiger partial charge < -0.3 is 14.5 Å². The van der Waals surface area contributed by atoms with Crippen LogP contribution in [0.5, 0.6) is 0 Å². The summed E-state index contributed by atoms with van der Waals surface area (Å²) in [6.45, 7) is 14.4. The van der Waals surface area contributed by atoms with Gasteiger partial charge in [-0.1, -0.05) is 31.9 Å². The monoisotopic (exact) mass is 540 g/mol. The maximum Gasteiger partial charge on any atom is 0.307 e. The lowest BCUT2D eigenvalue weighted by Crippen LogP contribution is -2.24. The van der Waals surface area contributed by atoms with E-state index in [4.69, 9.17) is 5.11 Å². The molecule has 1 aromatic heterocycles. The average molecular weight is 541 g/mol. The van der Waals surface area contributed by atoms with Gasteiger partial charge in [0.2, 0.25) is 0 Å². The van der Waals surface area contributed by atoms with Crippen LogP contribution in [0.2, 0.25) is 0 Å². The molecule has 0 amide bonds. The normalized spacial score (nSPS) is 15.6. The Kier molecular flexibility index (Phi) is 10.2. The molecule has 0 atom stereocenters. The van der Waals surface area contributed by atoms with Crippen LogP contribution in [0.1, 0.15) is 81.7 Å². The van der Waals surface area contributed by atoms with E-state index in [9.17, 15) is 14.3 Å². The van der Waals surface area contributed by atoms with Crippen LogP contribution in [0.15, 0.2) is 18.3 Å². The van der Waals surface area contributed by atoms with Crippen molar-refractivity contribution in [3.8, 4) is 24.1 Å². The summed E-state index contributed by atoms with van der Waals surface area (Å²) in [7, 11) is 0. The number of pyridine rings is 1. The zero-order valence-corrected chi connectivity index (χ0v) is 24.7. The quantitative estimate of drug-likeness (QED) is 0.312. The van der Waals surface area contributed by atoms with Crippen LogP contribution in [-0.4, -0.2) is 33.0 Å². The predicted octanol–water partition coefficient (Wildman–Crippen LogP) is 7.35. The summed E-state index contributed by atoms with van der Waals surface area (Å²) in [5.41, 5.74) is 8.63. The first-order valence-electron chi connectivity index (χ1n) is 12.7. The molecule has 1 aliphatic heterocycles. The van der Waals surface area contributed by atoms with E-state index in [0.29, 0.717) is 6.54 Å². The number of allylic oxidation sites excluding steroid dienone is 2. The fourth-order valence-corrected chi connectivity index (χ4v) is 5.65. The van der Waals surface area contributed by atoms with E-state index >= 15 is 0 Å². The lowest BCUT2D eigenvalue weighted by Gasteiger charge is -2.36. The van der Waals surface area contributed by atoms with E-state index in [1.807, 2.05) is 13.2 Å². The predicted molar refractivity (Wildman–Crippen MR) is 158 cm³/mol. The number of aliphatic carboxylic acids is 1. The number of hydrogen-bond donors (Lipinski definition) is 2. The minimum Gasteiger partial charge on any atom is -0.481 e. The summed E-state index contributed by atoms with van der Waals surface area (Å²) in [6, 6.07) is 1.57. The second kappa shape index (κ2) is 12.4. The van der Waals surface area contributed by atoms with Crippen molar-refractivity contribution in [1.82, 2.24) is 4.98 Å². The zero-order chi connectivity index (χ0) is 29.0. The molecule has 206 valence electrons. The second-order valence-electron chi connectivity index (χ2n) is 11.5. The number of nitrogens with zero attached hydrogens (tertiary/aromatic N) is 2. The molecule has 0 saturated carbocycles. The highest BCUT2D eigenvalue weighted by Crippen LogP contribution is 2.50. The van der Waals surface area contributed by atoms with Crippen LogP contribution in [0.3, 0.4) is 0 Å². The number of fused-ring (bicyclic) bond motifs is 3. The number of carbonyl (C=O) groups is 1. The minimum atomic E-state index is -0.826. The Morgan fingerprint density at radius 2 is 1.82 bits per heavy atom. The van der Waals surface area contributed by atoms with Gasteiger partial charge >= 0.3 is 5.97 Å². The molecule has 0 radical (unpaired) electrons. The lowest BCUT2D eigenvalue weighted by molar-refractivity contribution is -0.136. The van der Waals surface area contributed by atoms with Crippen molar-refractivity contribution in [2.75, 3.05) is 10.6 Å². The molecule has 1 aliphatic carbocycles. The van der Waals surface area contributed by atoms with Gasteiger partial charge in [0.05, 0.1) is 36.1 Å². The summed E-state index contributed by atoms with van der Waals surface area (Å²) in [5.74, 6) is -1.16. The largest absolute Gasteiger partial charge is 0.481 e. The number of benzene rings is 1. The number of rotatable bonds is 4. The number of aromatic nitrogens is 1. The molecule has 0 fully saturated rings. The number of carboxylic acid groups (broad SMARTS) is 1. The fraction of sp³-hybridized carbons (Fsp3) is 0.484. The van der Waals surface area contributed by atoms with Gasteiger partial charge in [-0.3, -0.25) is 9.78 Å². The van der Waals surface area contributed by atoms with Crippen molar-refractivity contribution in [3.63, 3.8) is 0 Å². The van der Waals surface area contributed by atoms with Crippen molar-refractivity contribution in [1.29, 1.82) is 0 Å². The van der Waals surface area contributed by atoms with Gasteiger partial charge in [-0.15, -0.1) is 12.8 Å². The number of terminal acetylenes is 1. The van der Waals surface area contributed by atoms with Crippen LogP contribution in [0, 0.1) is 37.9 Å². The molecule has 5 nitrogen and oxygen atoms in total. The Labute approximate surface area is 231 Å². The van der Waals surface area contributed by atoms with Gasteiger partial charge in [0.1, 0.15) is 5.82 Å². The van der Waals surface area contributed by atoms with Gasteiger partial charge in [0.15, 0.2) is 0 Å². The highest BCUT2D eigenvalue weighted by atomic mass is 32.2. The molecule has 2 N–H and O–H groups in total. The van der Waals surface area contributed by atoms with E-state index in [2.05, 4.69) is 49.0 Å². The van der Waals surface area contributed by atoms with Crippen LogP contribution in [0.4, 0.5) is 10.1 Å². The lowest BCUT2D eigenvalue weighted by atomic mass is 9.74. The van der Waals surface area contributed by atoms with Crippen LogP contribution >= 0.6 is 11.9 Å². The summed E-state index contributed by atoms with van der Waals surface area (Å²) in [6.07, 6.45) is 16.5. The molecule has 7 heteroatoms. The molecule has 4 rings (SSSR count). The molecule has 0 bridgehead atoms. The van der Waals surface area contributed by atoms with E-state index in [1.165, 1.54) is 11.8 Å². The molecule has 38 heavy (non-hydrogen) atoms. The number of halogens is 1. The number of anilines is 1. The number of hydrogen-bond acceptors (Lipinski definition) is 5. The fourth-order valence-electron chi connectivity index (χ4n) is 4.98. The molecule has 2 aromatic rings. The van der Waals surface area contributed by atoms with Gasteiger partial charge in [-0.05, 0) is 93.2 Å². The first-order chi connectivity index (χ1) is 17.6. The highest BCUT2D eigenvalue weighted by Gasteiger charge is 2.33. The van der Waals surface area contributed by atoms with E-state index in [0.717, 1.165) is 64.0 Å². The van der Waals surface area contributed by atoms with Crippen molar-refractivity contribution >= 4 is 29.2 Å². The van der Waals surface area contributed by atoms with Crippen LogP contribution < -0.4 is 4.31 Å². The van der Waals surface area contributed by atoms with Crippen molar-refractivity contribution in [2.45, 2.75) is 86.3 Å². The smallest absolute Gasteiger partial charge is 0.307 e. The van der Waals surface area contributed by atoms with Crippen molar-refractivity contribution in [2.24, 2.45) is 5.41 Å². The molecule has 2 heterocycles. The Morgan fingerprint density at radius 1 is 1.21 bits per heavy atom. The average Bonchev–Trinajstić information content (AvgIpc) is 2.81. The van der Waals surface area contributed by atoms with Crippen LogP contribution in [-0.2, 0) is 17.8 Å². The molecule has 0 unspecified atom stereocenters. The summed E-state index contributed by atoms with van der Waals surface area (Å²) >= 11 is 1.57. The molecule has 2 aliphatic rings. The van der Waals surface area contributed by atoms with Gasteiger partial charge in [0.25, 0.3) is 0 Å². The SMILES string of the molecule is C#C.CC(C)(C)O.CSN1Cc2cc(F)cnc2-c2c(C)c(C3=CCC(C)(C)CC3)c(CC(=O)O)c(C)c21. The highest BCUT2D eigenvalue weighted by molar-refractivity contribution is 7.99. The number of aliphatic hydroxyl groups is 1. The number of carboxylic acids is 1. The van der Waals surface area contributed by atoms with Crippen LogP contribution in [0.25, 0.3) is 16.8 Å². The summed E-state index contributed by atoms with van der Waals surface area (Å²) in [4.78, 5) is 16.3. The van der Waals surface area contributed by atoms with Gasteiger partial charge in [-0.25, -0.2) is 4.39 Å². The van der Waals surface area contributed by atoms with Crippen molar-refractivity contribution < 1.29 is 19.4 Å². The summed E-state index contributed by atoms with van der Waals surface area (Å²) in [5, 5.41) is 18.2. The molecule has 1 aromatic carbocycles. The third-order valence-electron chi connectivity index (χ3n) is 6.67. The third-order valence-corrected chi connectivity index (χ3v) is 7.42. The minimum absolute atomic E-state index is 0.0120. The molecular formula is C31H41FN2O3S. The van der Waals surface area contributed by atoms with Gasteiger partial charge in [0, 0.05) is 17.4 Å². The topological polar surface area (TPSA) is 73.7 Å².